The molecule has 1 atom stereocenters. The fraction of sp³-hybridized carbons (Fsp3) is 0.556. The van der Waals surface area contributed by atoms with Gasteiger partial charge in [-0.1, -0.05) is 36.7 Å². The molecule has 7 nitrogen and oxygen atoms in total. The summed E-state index contributed by atoms with van der Waals surface area (Å²) in [5.74, 6) is -1.28. The van der Waals surface area contributed by atoms with Crippen LogP contribution in [0.3, 0.4) is 0 Å². The van der Waals surface area contributed by atoms with Crippen molar-refractivity contribution in [2.45, 2.75) is 56.0 Å². The number of hydrogen-bond acceptors (Lipinski definition) is 6. The van der Waals surface area contributed by atoms with Gasteiger partial charge in [0.15, 0.2) is 0 Å². The van der Waals surface area contributed by atoms with Gasteiger partial charge in [0.2, 0.25) is 6.10 Å². The van der Waals surface area contributed by atoms with Gasteiger partial charge in [0.25, 0.3) is 0 Å². The van der Waals surface area contributed by atoms with Gasteiger partial charge in [0.1, 0.15) is 36.0 Å². The lowest BCUT2D eigenvalue weighted by molar-refractivity contribution is -0.163. The minimum atomic E-state index is -5.95. The first-order valence-corrected chi connectivity index (χ1v) is 11.8. The summed E-state index contributed by atoms with van der Waals surface area (Å²) in [6.07, 6.45) is -1.04. The molecule has 1 unspecified atom stereocenters. The van der Waals surface area contributed by atoms with Crippen molar-refractivity contribution in [1.82, 2.24) is 0 Å². The molecule has 0 aromatic heterocycles. The fourth-order valence-corrected chi connectivity index (χ4v) is 3.41. The Kier molecular flexibility index (Phi) is 10.8. The number of ether oxygens (including phenoxy) is 2. The largest absolute Gasteiger partial charge is 0.452 e. The fourth-order valence-electron chi connectivity index (χ4n) is 2.96. The number of carbonyl (C=O) groups excluding carboxylic acids is 2. The van der Waals surface area contributed by atoms with Crippen molar-refractivity contribution in [3.8, 4) is 5.75 Å². The van der Waals surface area contributed by atoms with Gasteiger partial charge in [-0.25, -0.2) is 4.39 Å². The Bertz CT molecular complexity index is 888. The second-order valence-corrected chi connectivity index (χ2v) is 8.65. The van der Waals surface area contributed by atoms with Gasteiger partial charge in [-0.05, 0) is 24.0 Å². The Hall–Kier alpha value is -1.95. The molecule has 176 valence electrons. The number of rotatable bonds is 13. The molecule has 0 aliphatic carbocycles. The Morgan fingerprint density at radius 2 is 1.50 bits per heavy atom. The van der Waals surface area contributed by atoms with Crippen LogP contribution in [0.2, 0.25) is 0 Å². The average Bonchev–Trinajstić information content (AvgIpc) is 2.73. The molecule has 0 saturated heterocycles. The van der Waals surface area contributed by atoms with Crippen LogP contribution >= 0.6 is 0 Å². The maximum absolute atomic E-state index is 13.4. The maximum Gasteiger partial charge on any atom is 0.408 e. The second kappa shape index (κ2) is 12.3. The smallest absolute Gasteiger partial charge is 0.408 e. The molecular formula is C18H26B3F3O7S. The minimum absolute atomic E-state index is 0.0421. The van der Waals surface area contributed by atoms with Crippen molar-refractivity contribution >= 4 is 45.6 Å². The second-order valence-electron chi connectivity index (χ2n) is 7.15. The monoisotopic (exact) mass is 476 g/mol. The van der Waals surface area contributed by atoms with Crippen LogP contribution in [0, 0.1) is 0 Å². The molecule has 0 spiro atoms. The molecule has 0 heterocycles. The summed E-state index contributed by atoms with van der Waals surface area (Å²) in [4.78, 5) is 23.9. The quantitative estimate of drug-likeness (QED) is 0.140. The molecule has 1 rings (SSSR count). The van der Waals surface area contributed by atoms with Crippen LogP contribution in [-0.2, 0) is 43.4 Å². The molecule has 1 N–H and O–H groups in total. The molecule has 0 aliphatic heterocycles. The van der Waals surface area contributed by atoms with E-state index in [1.54, 1.807) is 0 Å². The van der Waals surface area contributed by atoms with E-state index in [0.29, 0.717) is 18.4 Å². The summed E-state index contributed by atoms with van der Waals surface area (Å²) in [5.41, 5.74) is 2.97. The highest BCUT2D eigenvalue weighted by Crippen LogP contribution is 2.29. The SMILES string of the molecule is BCc1cc(CB)c(OC(=O)CCCCC(=O)OC(CF)C(F)(F)S(=O)(=O)O)c(CB)c1. The third-order valence-corrected chi connectivity index (χ3v) is 5.78. The summed E-state index contributed by atoms with van der Waals surface area (Å²) < 4.78 is 79.0. The predicted molar refractivity (Wildman–Crippen MR) is 120 cm³/mol. The van der Waals surface area contributed by atoms with Crippen molar-refractivity contribution in [3.63, 3.8) is 0 Å². The number of carbonyl (C=O) groups is 2. The van der Waals surface area contributed by atoms with Gasteiger partial charge in [0.05, 0.1) is 0 Å². The van der Waals surface area contributed by atoms with Crippen molar-refractivity contribution in [1.29, 1.82) is 0 Å². The molecule has 1 aromatic carbocycles. The molecule has 0 aliphatic rings. The van der Waals surface area contributed by atoms with Crippen LogP contribution in [0.5, 0.6) is 5.75 Å². The molecule has 32 heavy (non-hydrogen) atoms. The highest BCUT2D eigenvalue weighted by atomic mass is 32.2. The van der Waals surface area contributed by atoms with E-state index >= 15 is 0 Å². The lowest BCUT2D eigenvalue weighted by atomic mass is 9.85. The molecule has 14 heteroatoms. The zero-order valence-electron chi connectivity index (χ0n) is 18.3. The van der Waals surface area contributed by atoms with Crippen molar-refractivity contribution in [2.24, 2.45) is 0 Å². The van der Waals surface area contributed by atoms with Gasteiger partial charge in [-0.2, -0.15) is 17.2 Å². The van der Waals surface area contributed by atoms with E-state index < -0.39 is 46.5 Å². The standard InChI is InChI=1S/C18H26B3F3O7S/c19-7-11-5-12(8-20)17(13(6-11)9-21)31-16(26)4-2-1-3-15(25)30-14(10-22)18(23,24)32(27,28)29/h5-6,14H,1-4,7-10,19-21H2,(H,27,28,29). The van der Waals surface area contributed by atoms with Crippen molar-refractivity contribution < 1.29 is 45.2 Å². The zero-order valence-corrected chi connectivity index (χ0v) is 19.1. The van der Waals surface area contributed by atoms with Crippen LogP contribution in [0.1, 0.15) is 42.4 Å². The number of esters is 2. The van der Waals surface area contributed by atoms with Gasteiger partial charge in [0, 0.05) is 12.8 Å². The normalized spacial score (nSPS) is 12.9. The first-order chi connectivity index (χ1) is 14.9. The molecular weight excluding hydrogens is 450 g/mol. The first-order valence-electron chi connectivity index (χ1n) is 10.4. The van der Waals surface area contributed by atoms with Crippen molar-refractivity contribution in [3.05, 3.63) is 28.8 Å². The zero-order chi connectivity index (χ0) is 24.5. The van der Waals surface area contributed by atoms with E-state index in [2.05, 4.69) is 4.74 Å². The van der Waals surface area contributed by atoms with Gasteiger partial charge in [-0.3, -0.25) is 14.1 Å². The van der Waals surface area contributed by atoms with Crippen LogP contribution in [-0.4, -0.2) is 66.5 Å². The number of unbranched alkanes of at least 4 members (excludes halogenated alkanes) is 1. The molecule has 0 radical (unpaired) electrons. The summed E-state index contributed by atoms with van der Waals surface area (Å²) in [5, 5.41) is -4.97. The Balaban J connectivity index is 2.60. The number of alkyl halides is 3. The summed E-state index contributed by atoms with van der Waals surface area (Å²) in [6, 6.07) is 3.98. The number of halogens is 3. The number of hydrogen-bond donors (Lipinski definition) is 1. The lowest BCUT2D eigenvalue weighted by Crippen LogP contribution is -2.45. The van der Waals surface area contributed by atoms with E-state index in [4.69, 9.17) is 9.29 Å². The highest BCUT2D eigenvalue weighted by molar-refractivity contribution is 7.86. The summed E-state index contributed by atoms with van der Waals surface area (Å²) in [7, 11) is -0.0175. The summed E-state index contributed by atoms with van der Waals surface area (Å²) in [6.45, 7) is -2.00. The lowest BCUT2D eigenvalue weighted by Gasteiger charge is -2.21. The maximum atomic E-state index is 13.4. The van der Waals surface area contributed by atoms with E-state index in [1.165, 1.54) is 0 Å². The minimum Gasteiger partial charge on any atom is -0.452 e. The molecule has 1 aromatic rings. The third kappa shape index (κ3) is 7.58. The highest BCUT2D eigenvalue weighted by Gasteiger charge is 2.54. The van der Waals surface area contributed by atoms with Crippen LogP contribution in [0.15, 0.2) is 12.1 Å². The van der Waals surface area contributed by atoms with E-state index in [0.717, 1.165) is 23.0 Å². The molecule has 0 bridgehead atoms. The summed E-state index contributed by atoms with van der Waals surface area (Å²) >= 11 is 0. The van der Waals surface area contributed by atoms with Crippen molar-refractivity contribution in [2.75, 3.05) is 6.67 Å². The number of benzene rings is 1. The van der Waals surface area contributed by atoms with E-state index in [-0.39, 0.29) is 19.3 Å². The van der Waals surface area contributed by atoms with Crippen LogP contribution < -0.4 is 4.74 Å². The Morgan fingerprint density at radius 1 is 1.00 bits per heavy atom. The van der Waals surface area contributed by atoms with Gasteiger partial charge < -0.3 is 9.47 Å². The van der Waals surface area contributed by atoms with Crippen LogP contribution in [0.4, 0.5) is 13.2 Å². The van der Waals surface area contributed by atoms with Gasteiger partial charge >= 0.3 is 27.3 Å². The Labute approximate surface area is 188 Å². The first kappa shape index (κ1) is 28.1. The van der Waals surface area contributed by atoms with Gasteiger partial charge in [-0.15, -0.1) is 0 Å². The van der Waals surface area contributed by atoms with E-state index in [1.807, 2.05) is 35.7 Å². The topological polar surface area (TPSA) is 107 Å². The third-order valence-electron chi connectivity index (χ3n) is 4.83. The average molecular weight is 476 g/mol. The Morgan fingerprint density at radius 3 is 1.91 bits per heavy atom. The predicted octanol–water partition coefficient (Wildman–Crippen LogP) is -0.0864. The van der Waals surface area contributed by atoms with E-state index in [9.17, 15) is 31.2 Å². The van der Waals surface area contributed by atoms with Crippen LogP contribution in [0.25, 0.3) is 0 Å². The molecule has 0 amide bonds. The molecule has 0 fully saturated rings. The molecule has 0 saturated carbocycles.